The van der Waals surface area contributed by atoms with Gasteiger partial charge in [0.2, 0.25) is 5.91 Å². The molecule has 0 saturated heterocycles. The fraction of sp³-hybridized carbons (Fsp3) is 0.639. The van der Waals surface area contributed by atoms with Crippen molar-refractivity contribution in [2.75, 3.05) is 33.0 Å². The summed E-state index contributed by atoms with van der Waals surface area (Å²) in [5, 5.41) is 3.53. The second-order valence-electron chi connectivity index (χ2n) is 14.6. The number of benzene rings is 2. The van der Waals surface area contributed by atoms with Gasteiger partial charge in [-0.3, -0.25) is 9.63 Å². The van der Waals surface area contributed by atoms with Crippen molar-refractivity contribution in [1.82, 2.24) is 5.06 Å². The Kier molecular flexibility index (Phi) is 15.1. The maximum atomic E-state index is 13.2. The van der Waals surface area contributed by atoms with E-state index >= 15 is 0 Å². The van der Waals surface area contributed by atoms with Crippen LogP contribution in [0.15, 0.2) is 60.7 Å². The van der Waals surface area contributed by atoms with E-state index in [0.29, 0.717) is 19.0 Å². The normalized spacial score (nSPS) is 15.0. The largest absolute Gasteiger partial charge is 0.414 e. The number of hydrogen-bond acceptors (Lipinski definition) is 6. The van der Waals surface area contributed by atoms with Crippen LogP contribution in [0.2, 0.25) is 23.2 Å². The van der Waals surface area contributed by atoms with Crippen molar-refractivity contribution in [3.8, 4) is 0 Å². The van der Waals surface area contributed by atoms with Crippen LogP contribution in [0.3, 0.4) is 0 Å². The van der Waals surface area contributed by atoms with Crippen LogP contribution in [0.25, 0.3) is 0 Å². The number of amides is 1. The van der Waals surface area contributed by atoms with Crippen LogP contribution in [0.5, 0.6) is 0 Å². The Balaban J connectivity index is 2.90. The molecular weight excluding hydrogens is 615 g/mol. The van der Waals surface area contributed by atoms with Crippen LogP contribution in [-0.2, 0) is 23.2 Å². The third kappa shape index (κ3) is 10.0. The number of nitrogens with zero attached hydrogens (tertiary/aromatic N) is 1. The first-order valence-corrected chi connectivity index (χ1v) is 22.6. The maximum Gasteiger partial charge on any atom is 0.261 e. The second kappa shape index (κ2) is 17.1. The first kappa shape index (κ1) is 39.7. The van der Waals surface area contributed by atoms with Crippen LogP contribution in [-0.4, -0.2) is 72.3 Å². The molecule has 0 fully saturated rings. The van der Waals surface area contributed by atoms with Crippen molar-refractivity contribution in [3.63, 3.8) is 0 Å². The Morgan fingerprint density at radius 1 is 0.889 bits per heavy atom. The zero-order chi connectivity index (χ0) is 33.9. The lowest BCUT2D eigenvalue weighted by atomic mass is 9.85. The molecule has 0 unspecified atom stereocenters. The molecule has 6 nitrogen and oxygen atoms in total. The van der Waals surface area contributed by atoms with Gasteiger partial charge < -0.3 is 13.6 Å². The quantitative estimate of drug-likeness (QED) is 0.0907. The summed E-state index contributed by atoms with van der Waals surface area (Å²) in [5.74, 6) is 0.416. The highest BCUT2D eigenvalue weighted by molar-refractivity contribution is 7.98. The Morgan fingerprint density at radius 2 is 1.42 bits per heavy atom. The van der Waals surface area contributed by atoms with Gasteiger partial charge in [-0.1, -0.05) is 122 Å². The molecular formula is C36H61NO5SSi2. The minimum Gasteiger partial charge on any atom is -0.414 e. The van der Waals surface area contributed by atoms with Crippen molar-refractivity contribution >= 4 is 44.7 Å². The molecule has 0 saturated carbocycles. The summed E-state index contributed by atoms with van der Waals surface area (Å²) in [7, 11) is -1.99. The van der Waals surface area contributed by atoms with Crippen molar-refractivity contribution in [3.05, 3.63) is 60.7 Å². The lowest BCUT2D eigenvalue weighted by Crippen LogP contribution is -2.70. The van der Waals surface area contributed by atoms with Crippen molar-refractivity contribution in [2.45, 2.75) is 115 Å². The van der Waals surface area contributed by atoms with Crippen molar-refractivity contribution in [2.24, 2.45) is 0 Å². The molecule has 2 rings (SSSR count). The third-order valence-corrected chi connectivity index (χ3v) is 19.4. The monoisotopic (exact) mass is 675 g/mol. The summed E-state index contributed by atoms with van der Waals surface area (Å²) in [6.45, 7) is 20.9. The molecule has 254 valence electrons. The summed E-state index contributed by atoms with van der Waals surface area (Å²) >= 11 is 1.65. The van der Waals surface area contributed by atoms with E-state index in [4.69, 9.17) is 18.4 Å². The summed E-state index contributed by atoms with van der Waals surface area (Å²) in [6, 6.07) is 21.5. The van der Waals surface area contributed by atoms with Crippen LogP contribution >= 0.6 is 11.8 Å². The molecule has 0 heterocycles. The Labute approximate surface area is 281 Å². The zero-order valence-electron chi connectivity index (χ0n) is 30.2. The number of ether oxygens (including phenoxy) is 1. The third-order valence-electron chi connectivity index (χ3n) is 9.53. The summed E-state index contributed by atoms with van der Waals surface area (Å²) in [6.07, 6.45) is 5.13. The van der Waals surface area contributed by atoms with E-state index in [1.54, 1.807) is 18.8 Å². The average Bonchev–Trinajstić information content (AvgIpc) is 3.00. The number of carbonyl (C=O) groups excluding carboxylic acids is 1. The molecule has 0 aromatic heterocycles. The molecule has 2 aromatic rings. The fourth-order valence-electron chi connectivity index (χ4n) is 5.61. The standard InChI is InChI=1S/C36H61NO5SSi2/c1-13-14-26-36(40-29-43-10,27-25-33(38)37(8)39-9)32(28-41-44(11,12)34(2,3)4)42-45(35(5,6)7,30-21-17-15-18-22-30)31-23-19-16-20-24-31/h15-24,32H,13-14,25-29H2,1-12H3/t32-,36+/m0/s1. The van der Waals surface area contributed by atoms with Gasteiger partial charge in [0.05, 0.1) is 31.4 Å². The molecule has 1 amide bonds. The molecule has 45 heavy (non-hydrogen) atoms. The van der Waals surface area contributed by atoms with Gasteiger partial charge in [0.25, 0.3) is 8.32 Å². The van der Waals surface area contributed by atoms with Crippen LogP contribution < -0.4 is 10.4 Å². The van der Waals surface area contributed by atoms with Crippen LogP contribution in [0.4, 0.5) is 0 Å². The molecule has 0 radical (unpaired) electrons. The SMILES string of the molecule is CCCC[C@](CCC(=O)N(C)OC)(OCSC)[C@H](CO[Si](C)(C)C(C)(C)C)O[Si](c1ccccc1)(c1ccccc1)C(C)(C)C. The van der Waals surface area contributed by atoms with Crippen LogP contribution in [0, 0.1) is 0 Å². The molecule has 9 heteroatoms. The van der Waals surface area contributed by atoms with Gasteiger partial charge in [-0.25, -0.2) is 5.06 Å². The molecule has 0 spiro atoms. The lowest BCUT2D eigenvalue weighted by molar-refractivity contribution is -0.172. The van der Waals surface area contributed by atoms with Gasteiger partial charge in [0, 0.05) is 13.5 Å². The van der Waals surface area contributed by atoms with Gasteiger partial charge >= 0.3 is 0 Å². The predicted molar refractivity (Wildman–Crippen MR) is 196 cm³/mol. The smallest absolute Gasteiger partial charge is 0.261 e. The Bertz CT molecular complexity index is 1100. The number of hydroxylamine groups is 2. The maximum absolute atomic E-state index is 13.2. The first-order valence-electron chi connectivity index (χ1n) is 16.4. The van der Waals surface area contributed by atoms with E-state index < -0.39 is 28.3 Å². The summed E-state index contributed by atoms with van der Waals surface area (Å²) in [5.41, 5.74) is -0.751. The number of carbonyl (C=O) groups is 1. The van der Waals surface area contributed by atoms with E-state index in [2.05, 4.69) is 128 Å². The molecule has 2 aromatic carbocycles. The van der Waals surface area contributed by atoms with Crippen LogP contribution in [0.1, 0.15) is 80.6 Å². The van der Waals surface area contributed by atoms with E-state index in [1.165, 1.54) is 22.5 Å². The number of thioether (sulfide) groups is 1. The van der Waals surface area contributed by atoms with E-state index in [1.807, 2.05) is 0 Å². The minimum atomic E-state index is -3.00. The average molecular weight is 676 g/mol. The topological polar surface area (TPSA) is 57.2 Å². The highest BCUT2D eigenvalue weighted by atomic mass is 32.2. The van der Waals surface area contributed by atoms with Gasteiger partial charge in [-0.2, -0.15) is 0 Å². The Hall–Kier alpha value is -1.47. The minimum absolute atomic E-state index is 0.0261. The zero-order valence-corrected chi connectivity index (χ0v) is 33.0. The van der Waals surface area contributed by atoms with Gasteiger partial charge in [0.15, 0.2) is 8.32 Å². The highest BCUT2D eigenvalue weighted by Gasteiger charge is 2.55. The molecule has 0 bridgehead atoms. The Morgan fingerprint density at radius 3 is 1.84 bits per heavy atom. The number of hydrogen-bond donors (Lipinski definition) is 0. The molecule has 2 atom stereocenters. The van der Waals surface area contributed by atoms with Gasteiger partial charge in [-0.15, -0.1) is 11.8 Å². The lowest BCUT2D eigenvalue weighted by Gasteiger charge is -2.50. The van der Waals surface area contributed by atoms with Gasteiger partial charge in [0.1, 0.15) is 0 Å². The predicted octanol–water partition coefficient (Wildman–Crippen LogP) is 8.02. The molecule has 0 N–H and O–H groups in total. The van der Waals surface area contributed by atoms with E-state index in [0.717, 1.165) is 19.3 Å². The molecule has 0 aliphatic carbocycles. The van der Waals surface area contributed by atoms with Gasteiger partial charge in [-0.05, 0) is 52.6 Å². The highest BCUT2D eigenvalue weighted by Crippen LogP contribution is 2.43. The van der Waals surface area contributed by atoms with Crippen molar-refractivity contribution in [1.29, 1.82) is 0 Å². The molecule has 0 aliphatic rings. The fourth-order valence-corrected chi connectivity index (χ4v) is 11.7. The first-order chi connectivity index (χ1) is 21.0. The van der Waals surface area contributed by atoms with E-state index in [9.17, 15) is 4.79 Å². The second-order valence-corrected chi connectivity index (χ2v) is 24.5. The van der Waals surface area contributed by atoms with E-state index in [-0.39, 0.29) is 22.4 Å². The number of rotatable bonds is 18. The summed E-state index contributed by atoms with van der Waals surface area (Å²) < 4.78 is 21.9. The molecule has 0 aliphatic heterocycles. The summed E-state index contributed by atoms with van der Waals surface area (Å²) in [4.78, 5) is 18.5. The van der Waals surface area contributed by atoms with Crippen molar-refractivity contribution < 1.29 is 23.2 Å². The number of unbranched alkanes of at least 4 members (excludes halogenated alkanes) is 1.